The maximum absolute atomic E-state index is 14.7. The van der Waals surface area contributed by atoms with Crippen LogP contribution in [0.15, 0.2) is 108 Å². The highest BCUT2D eigenvalue weighted by Gasteiger charge is 2.35. The van der Waals surface area contributed by atoms with Gasteiger partial charge in [0.1, 0.15) is 18.3 Å². The van der Waals surface area contributed by atoms with Gasteiger partial charge in [0, 0.05) is 19.0 Å². The fraction of sp³-hybridized carbons (Fsp3) is 0.333. The van der Waals surface area contributed by atoms with E-state index in [0.29, 0.717) is 18.0 Å². The van der Waals surface area contributed by atoms with Gasteiger partial charge >= 0.3 is 0 Å². The summed E-state index contributed by atoms with van der Waals surface area (Å²) in [5.74, 6) is -0.157. The van der Waals surface area contributed by atoms with E-state index in [2.05, 4.69) is 5.32 Å². The van der Waals surface area contributed by atoms with Crippen molar-refractivity contribution in [1.29, 1.82) is 0 Å². The van der Waals surface area contributed by atoms with Crippen molar-refractivity contribution in [2.75, 3.05) is 17.5 Å². The molecule has 0 aliphatic heterocycles. The molecule has 1 fully saturated rings. The molecule has 8 nitrogen and oxygen atoms in total. The number of benzene rings is 4. The van der Waals surface area contributed by atoms with Crippen LogP contribution in [0, 0.1) is 13.8 Å². The monoisotopic (exact) mass is 667 g/mol. The average molecular weight is 668 g/mol. The largest absolute Gasteiger partial charge is 0.494 e. The number of hydrogen-bond donors (Lipinski definition) is 1. The van der Waals surface area contributed by atoms with Crippen molar-refractivity contribution in [1.82, 2.24) is 10.2 Å². The molecule has 0 saturated heterocycles. The summed E-state index contributed by atoms with van der Waals surface area (Å²) in [5, 5.41) is 3.22. The second kappa shape index (κ2) is 16.0. The van der Waals surface area contributed by atoms with Crippen LogP contribution < -0.4 is 14.4 Å². The molecule has 1 aliphatic carbocycles. The Kier molecular flexibility index (Phi) is 11.5. The number of ether oxygens (including phenoxy) is 1. The highest BCUT2D eigenvalue weighted by Crippen LogP contribution is 2.27. The minimum Gasteiger partial charge on any atom is -0.494 e. The summed E-state index contributed by atoms with van der Waals surface area (Å²) < 4.78 is 35.3. The van der Waals surface area contributed by atoms with E-state index in [0.717, 1.165) is 52.2 Å². The van der Waals surface area contributed by atoms with Gasteiger partial charge in [-0.25, -0.2) is 8.42 Å². The van der Waals surface area contributed by atoms with Crippen LogP contribution in [-0.2, 0) is 32.6 Å². The number of hydrogen-bond acceptors (Lipinski definition) is 5. The topological polar surface area (TPSA) is 96.0 Å². The quantitative estimate of drug-likeness (QED) is 0.164. The van der Waals surface area contributed by atoms with E-state index < -0.39 is 28.5 Å². The molecule has 0 aromatic heterocycles. The zero-order valence-corrected chi connectivity index (χ0v) is 28.8. The highest BCUT2D eigenvalue weighted by molar-refractivity contribution is 7.92. The standard InChI is InChI=1S/C39H45N3O5S/c1-4-47-35-22-24-36(25-23-35)48(45,46)42(34-20-18-29(2)19-21-34)28-38(43)41(27-32-15-9-8-12-30(32)3)37(26-31-13-6-5-7-14-31)39(44)40-33-16-10-11-17-33/h5-9,12-15,18-25,33,37H,4,10-11,16-17,26-28H2,1-3H3,(H,40,44)/t37-/m1/s1. The van der Waals surface area contributed by atoms with Crippen LogP contribution in [0.4, 0.5) is 5.69 Å². The molecule has 1 N–H and O–H groups in total. The number of nitrogens with zero attached hydrogens (tertiary/aromatic N) is 2. The van der Waals surface area contributed by atoms with Crippen molar-refractivity contribution in [3.05, 3.63) is 125 Å². The molecule has 1 aliphatic rings. The van der Waals surface area contributed by atoms with E-state index in [9.17, 15) is 18.0 Å². The molecule has 48 heavy (non-hydrogen) atoms. The van der Waals surface area contributed by atoms with Crippen molar-refractivity contribution < 1.29 is 22.7 Å². The third-order valence-electron chi connectivity index (χ3n) is 8.90. The summed E-state index contributed by atoms with van der Waals surface area (Å²) in [6.45, 7) is 5.85. The third-order valence-corrected chi connectivity index (χ3v) is 10.7. The Labute approximate surface area is 284 Å². The smallest absolute Gasteiger partial charge is 0.264 e. The first-order valence-corrected chi connectivity index (χ1v) is 18.1. The van der Waals surface area contributed by atoms with Crippen LogP contribution in [0.1, 0.15) is 54.9 Å². The summed E-state index contributed by atoms with van der Waals surface area (Å²) in [6.07, 6.45) is 4.19. The number of anilines is 1. The van der Waals surface area contributed by atoms with Crippen molar-refractivity contribution in [3.63, 3.8) is 0 Å². The van der Waals surface area contributed by atoms with Crippen molar-refractivity contribution >= 4 is 27.5 Å². The number of sulfonamides is 1. The summed E-state index contributed by atoms with van der Waals surface area (Å²) in [4.78, 5) is 30.5. The molecular formula is C39H45N3O5S. The lowest BCUT2D eigenvalue weighted by Gasteiger charge is -2.34. The molecule has 9 heteroatoms. The van der Waals surface area contributed by atoms with E-state index in [1.807, 2.05) is 87.5 Å². The van der Waals surface area contributed by atoms with Gasteiger partial charge in [0.15, 0.2) is 0 Å². The number of nitrogens with one attached hydrogen (secondary N) is 1. The molecule has 1 saturated carbocycles. The fourth-order valence-corrected chi connectivity index (χ4v) is 7.55. The van der Waals surface area contributed by atoms with Crippen LogP contribution in [0.5, 0.6) is 5.75 Å². The van der Waals surface area contributed by atoms with Gasteiger partial charge in [-0.05, 0) is 86.7 Å². The average Bonchev–Trinajstić information content (AvgIpc) is 3.60. The maximum atomic E-state index is 14.7. The number of aryl methyl sites for hydroxylation is 2. The van der Waals surface area contributed by atoms with Gasteiger partial charge < -0.3 is 15.0 Å². The van der Waals surface area contributed by atoms with E-state index in [-0.39, 0.29) is 29.8 Å². The number of rotatable bonds is 14. The third kappa shape index (κ3) is 8.63. The van der Waals surface area contributed by atoms with Gasteiger partial charge in [-0.3, -0.25) is 13.9 Å². The Morgan fingerprint density at radius 1 is 0.854 bits per heavy atom. The van der Waals surface area contributed by atoms with Gasteiger partial charge in [-0.1, -0.05) is 85.1 Å². The minimum atomic E-state index is -4.20. The molecule has 0 radical (unpaired) electrons. The van der Waals surface area contributed by atoms with Crippen molar-refractivity contribution in [2.45, 2.75) is 76.4 Å². The SMILES string of the molecule is CCOc1ccc(S(=O)(=O)N(CC(=O)N(Cc2ccccc2C)[C@H](Cc2ccccc2)C(=O)NC2CCCC2)c2ccc(C)cc2)cc1. The molecule has 4 aromatic rings. The molecule has 5 rings (SSSR count). The fourth-order valence-electron chi connectivity index (χ4n) is 6.13. The molecule has 4 aromatic carbocycles. The second-order valence-corrected chi connectivity index (χ2v) is 14.3. The van der Waals surface area contributed by atoms with Gasteiger partial charge in [0.05, 0.1) is 17.2 Å². The molecular weight excluding hydrogens is 623 g/mol. The van der Waals surface area contributed by atoms with Crippen molar-refractivity contribution in [2.24, 2.45) is 0 Å². The van der Waals surface area contributed by atoms with Gasteiger partial charge in [0.25, 0.3) is 10.0 Å². The number of carbonyl (C=O) groups excluding carboxylic acids is 2. The van der Waals surface area contributed by atoms with E-state index >= 15 is 0 Å². The molecule has 252 valence electrons. The van der Waals surface area contributed by atoms with Gasteiger partial charge in [-0.15, -0.1) is 0 Å². The Balaban J connectivity index is 1.56. The van der Waals surface area contributed by atoms with Crippen LogP contribution in [0.25, 0.3) is 0 Å². The van der Waals surface area contributed by atoms with Crippen LogP contribution in [0.2, 0.25) is 0 Å². The Morgan fingerprint density at radius 3 is 2.15 bits per heavy atom. The zero-order valence-electron chi connectivity index (χ0n) is 28.0. The number of carbonyl (C=O) groups is 2. The zero-order chi connectivity index (χ0) is 34.1. The summed E-state index contributed by atoms with van der Waals surface area (Å²) in [5.41, 5.74) is 4.07. The molecule has 0 bridgehead atoms. The summed E-state index contributed by atoms with van der Waals surface area (Å²) in [6, 6.07) is 29.8. The highest BCUT2D eigenvalue weighted by atomic mass is 32.2. The molecule has 1 atom stereocenters. The predicted octanol–water partition coefficient (Wildman–Crippen LogP) is 6.60. The molecule has 0 unspecified atom stereocenters. The summed E-state index contributed by atoms with van der Waals surface area (Å²) in [7, 11) is -4.20. The van der Waals surface area contributed by atoms with E-state index in [4.69, 9.17) is 4.74 Å². The van der Waals surface area contributed by atoms with Gasteiger partial charge in [0.2, 0.25) is 11.8 Å². The second-order valence-electron chi connectivity index (χ2n) is 12.4. The first-order chi connectivity index (χ1) is 23.2. The Morgan fingerprint density at radius 2 is 1.50 bits per heavy atom. The lowest BCUT2D eigenvalue weighted by atomic mass is 10.0. The van der Waals surface area contributed by atoms with Crippen molar-refractivity contribution in [3.8, 4) is 5.75 Å². The van der Waals surface area contributed by atoms with Gasteiger partial charge in [-0.2, -0.15) is 0 Å². The van der Waals surface area contributed by atoms with Crippen LogP contribution >= 0.6 is 0 Å². The Bertz CT molecular complexity index is 1770. The van der Waals surface area contributed by atoms with E-state index in [1.54, 1.807) is 29.2 Å². The normalized spacial score (nSPS) is 13.9. The van der Waals surface area contributed by atoms with Crippen LogP contribution in [0.3, 0.4) is 0 Å². The first kappa shape index (κ1) is 34.7. The maximum Gasteiger partial charge on any atom is 0.264 e. The molecule has 2 amide bonds. The predicted molar refractivity (Wildman–Crippen MR) is 189 cm³/mol. The minimum absolute atomic E-state index is 0.0320. The summed E-state index contributed by atoms with van der Waals surface area (Å²) >= 11 is 0. The number of amides is 2. The lowest BCUT2D eigenvalue weighted by Crippen LogP contribution is -2.54. The Hall–Kier alpha value is -4.63. The molecule has 0 spiro atoms. The van der Waals surface area contributed by atoms with Crippen LogP contribution in [-0.4, -0.2) is 50.4 Å². The van der Waals surface area contributed by atoms with E-state index in [1.165, 1.54) is 12.1 Å². The molecule has 0 heterocycles. The first-order valence-electron chi connectivity index (χ1n) is 16.7. The lowest BCUT2D eigenvalue weighted by molar-refractivity contribution is -0.140.